The molecule has 25 heavy (non-hydrogen) atoms. The molecule has 1 aliphatic heterocycles. The van der Waals surface area contributed by atoms with Gasteiger partial charge >= 0.3 is 5.97 Å². The zero-order valence-corrected chi connectivity index (χ0v) is 14.1. The van der Waals surface area contributed by atoms with Crippen molar-refractivity contribution in [2.75, 3.05) is 14.2 Å². The van der Waals surface area contributed by atoms with E-state index >= 15 is 0 Å². The van der Waals surface area contributed by atoms with Crippen molar-refractivity contribution in [1.29, 1.82) is 0 Å². The number of esters is 1. The van der Waals surface area contributed by atoms with Crippen molar-refractivity contribution < 1.29 is 24.2 Å². The van der Waals surface area contributed by atoms with Gasteiger partial charge in [0.15, 0.2) is 5.72 Å². The average molecular weight is 341 g/mol. The standard InChI is InChI=1S/C19H19NO5/c1-24-14-9-7-13(8-10-14)12-20-18(22)15-5-3-4-6-16(15)19(20,23)11-17(21)25-2/h3-10,23H,11-12H2,1-2H3. The largest absolute Gasteiger partial charge is 0.497 e. The first-order valence-electron chi connectivity index (χ1n) is 7.83. The van der Waals surface area contributed by atoms with Gasteiger partial charge in [-0.15, -0.1) is 0 Å². The van der Waals surface area contributed by atoms with E-state index in [-0.39, 0.29) is 18.9 Å². The van der Waals surface area contributed by atoms with Gasteiger partial charge in [-0.05, 0) is 23.8 Å². The summed E-state index contributed by atoms with van der Waals surface area (Å²) in [4.78, 5) is 25.9. The summed E-state index contributed by atoms with van der Waals surface area (Å²) in [6, 6.07) is 13.9. The molecule has 2 aromatic rings. The molecule has 1 N–H and O–H groups in total. The molecule has 1 unspecified atom stereocenters. The summed E-state index contributed by atoms with van der Waals surface area (Å²) < 4.78 is 9.83. The van der Waals surface area contributed by atoms with Crippen molar-refractivity contribution >= 4 is 11.9 Å². The third kappa shape index (κ3) is 2.96. The topological polar surface area (TPSA) is 76.1 Å². The lowest BCUT2D eigenvalue weighted by atomic mass is 9.98. The lowest BCUT2D eigenvalue weighted by Crippen LogP contribution is -2.45. The zero-order valence-electron chi connectivity index (χ0n) is 14.1. The molecule has 0 aromatic heterocycles. The van der Waals surface area contributed by atoms with Crippen molar-refractivity contribution in [2.45, 2.75) is 18.7 Å². The maximum atomic E-state index is 12.8. The predicted octanol–water partition coefficient (Wildman–Crippen LogP) is 2.06. The van der Waals surface area contributed by atoms with Crippen LogP contribution in [0.1, 0.15) is 27.9 Å². The van der Waals surface area contributed by atoms with E-state index in [4.69, 9.17) is 9.47 Å². The van der Waals surface area contributed by atoms with E-state index < -0.39 is 11.7 Å². The molecule has 1 amide bonds. The number of ether oxygens (including phenoxy) is 2. The van der Waals surface area contributed by atoms with Crippen LogP contribution in [0.25, 0.3) is 0 Å². The van der Waals surface area contributed by atoms with E-state index in [9.17, 15) is 14.7 Å². The van der Waals surface area contributed by atoms with Crippen LogP contribution in [-0.2, 0) is 21.8 Å². The Kier molecular flexibility index (Phi) is 4.46. The van der Waals surface area contributed by atoms with Gasteiger partial charge in [-0.2, -0.15) is 0 Å². The minimum absolute atomic E-state index is 0.158. The van der Waals surface area contributed by atoms with E-state index in [1.54, 1.807) is 43.5 Å². The van der Waals surface area contributed by atoms with Crippen LogP contribution in [0, 0.1) is 0 Å². The normalized spacial score (nSPS) is 18.8. The van der Waals surface area contributed by atoms with Crippen LogP contribution in [0.2, 0.25) is 0 Å². The third-order valence-corrected chi connectivity index (χ3v) is 4.40. The minimum Gasteiger partial charge on any atom is -0.497 e. The maximum Gasteiger partial charge on any atom is 0.310 e. The Morgan fingerprint density at radius 2 is 1.80 bits per heavy atom. The molecule has 130 valence electrons. The van der Waals surface area contributed by atoms with Crippen molar-refractivity contribution in [3.8, 4) is 5.75 Å². The van der Waals surface area contributed by atoms with Crippen LogP contribution in [0.4, 0.5) is 0 Å². The minimum atomic E-state index is -1.74. The number of hydrogen-bond donors (Lipinski definition) is 1. The Bertz CT molecular complexity index is 802. The number of fused-ring (bicyclic) bond motifs is 1. The number of hydrogen-bond acceptors (Lipinski definition) is 5. The monoisotopic (exact) mass is 341 g/mol. The number of methoxy groups -OCH3 is 2. The second-order valence-electron chi connectivity index (χ2n) is 5.85. The van der Waals surface area contributed by atoms with Crippen LogP contribution < -0.4 is 4.74 Å². The summed E-state index contributed by atoms with van der Waals surface area (Å²) in [5.74, 6) is -0.214. The second-order valence-corrected chi connectivity index (χ2v) is 5.85. The number of rotatable bonds is 5. The molecule has 0 spiro atoms. The smallest absolute Gasteiger partial charge is 0.310 e. The molecule has 1 atom stereocenters. The summed E-state index contributed by atoms with van der Waals surface area (Å²) in [6.45, 7) is 0.158. The van der Waals surface area contributed by atoms with E-state index in [2.05, 4.69) is 0 Å². The Hall–Kier alpha value is -2.86. The molecule has 0 aliphatic carbocycles. The molecule has 2 aromatic carbocycles. The number of nitrogens with zero attached hydrogens (tertiary/aromatic N) is 1. The van der Waals surface area contributed by atoms with Gasteiger partial charge in [0, 0.05) is 17.7 Å². The quantitative estimate of drug-likeness (QED) is 0.843. The van der Waals surface area contributed by atoms with Crippen LogP contribution >= 0.6 is 0 Å². The fourth-order valence-electron chi connectivity index (χ4n) is 3.06. The first-order chi connectivity index (χ1) is 12.0. The van der Waals surface area contributed by atoms with Crippen molar-refractivity contribution in [2.24, 2.45) is 0 Å². The third-order valence-electron chi connectivity index (χ3n) is 4.40. The molecule has 0 saturated carbocycles. The average Bonchev–Trinajstić information content (AvgIpc) is 2.84. The fraction of sp³-hybridized carbons (Fsp3) is 0.263. The van der Waals surface area contributed by atoms with E-state index in [1.165, 1.54) is 12.0 Å². The predicted molar refractivity (Wildman–Crippen MR) is 89.8 cm³/mol. The molecule has 0 bridgehead atoms. The summed E-state index contributed by atoms with van der Waals surface area (Å²) in [5.41, 5.74) is -0.118. The molecule has 0 fully saturated rings. The second kappa shape index (κ2) is 6.57. The first kappa shape index (κ1) is 17.0. The van der Waals surface area contributed by atoms with Crippen LogP contribution in [0.3, 0.4) is 0 Å². The molecular formula is C19H19NO5. The summed E-state index contributed by atoms with van der Waals surface area (Å²) in [7, 11) is 2.83. The molecule has 0 radical (unpaired) electrons. The number of carbonyl (C=O) groups is 2. The molecule has 1 aliphatic rings. The molecule has 1 heterocycles. The van der Waals surface area contributed by atoms with Gasteiger partial charge in [-0.25, -0.2) is 0 Å². The van der Waals surface area contributed by atoms with Gasteiger partial charge < -0.3 is 19.5 Å². The van der Waals surface area contributed by atoms with E-state index in [0.717, 1.165) is 5.56 Å². The van der Waals surface area contributed by atoms with Gasteiger partial charge in [-0.3, -0.25) is 9.59 Å². The van der Waals surface area contributed by atoms with Crippen LogP contribution in [0.15, 0.2) is 48.5 Å². The Labute approximate surface area is 145 Å². The Morgan fingerprint density at radius 1 is 1.12 bits per heavy atom. The number of benzene rings is 2. The lowest BCUT2D eigenvalue weighted by molar-refractivity contribution is -0.156. The Morgan fingerprint density at radius 3 is 2.44 bits per heavy atom. The maximum absolute atomic E-state index is 12.8. The van der Waals surface area contributed by atoms with Crippen molar-refractivity contribution in [3.05, 3.63) is 65.2 Å². The zero-order chi connectivity index (χ0) is 18.0. The lowest BCUT2D eigenvalue weighted by Gasteiger charge is -2.33. The molecule has 0 saturated heterocycles. The molecule has 6 heteroatoms. The van der Waals surface area contributed by atoms with Gasteiger partial charge in [0.25, 0.3) is 5.91 Å². The number of carbonyl (C=O) groups excluding carboxylic acids is 2. The fourth-order valence-corrected chi connectivity index (χ4v) is 3.06. The van der Waals surface area contributed by atoms with Crippen LogP contribution in [-0.4, -0.2) is 36.1 Å². The van der Waals surface area contributed by atoms with Crippen LogP contribution in [0.5, 0.6) is 5.75 Å². The van der Waals surface area contributed by atoms with Gasteiger partial charge in [0.1, 0.15) is 5.75 Å². The highest BCUT2D eigenvalue weighted by molar-refractivity contribution is 6.00. The summed E-state index contributed by atoms with van der Waals surface area (Å²) in [6.07, 6.45) is -0.331. The summed E-state index contributed by atoms with van der Waals surface area (Å²) in [5, 5.41) is 11.2. The molecule has 6 nitrogen and oxygen atoms in total. The summed E-state index contributed by atoms with van der Waals surface area (Å²) >= 11 is 0. The van der Waals surface area contributed by atoms with Gasteiger partial charge in [-0.1, -0.05) is 30.3 Å². The van der Waals surface area contributed by atoms with Gasteiger partial charge in [0.05, 0.1) is 20.6 Å². The Balaban J connectivity index is 1.97. The van der Waals surface area contributed by atoms with Crippen molar-refractivity contribution in [1.82, 2.24) is 4.90 Å². The number of amides is 1. The highest BCUT2D eigenvalue weighted by Crippen LogP contribution is 2.40. The SMILES string of the molecule is COC(=O)CC1(O)c2ccccc2C(=O)N1Cc1ccc(OC)cc1. The molecule has 3 rings (SSSR count). The highest BCUT2D eigenvalue weighted by atomic mass is 16.5. The highest BCUT2D eigenvalue weighted by Gasteiger charge is 2.49. The number of aliphatic hydroxyl groups is 1. The van der Waals surface area contributed by atoms with E-state index in [0.29, 0.717) is 16.9 Å². The molecular weight excluding hydrogens is 322 g/mol. The van der Waals surface area contributed by atoms with E-state index in [1.807, 2.05) is 12.1 Å². The van der Waals surface area contributed by atoms with Crippen molar-refractivity contribution in [3.63, 3.8) is 0 Å². The first-order valence-corrected chi connectivity index (χ1v) is 7.83. The van der Waals surface area contributed by atoms with Gasteiger partial charge in [0.2, 0.25) is 0 Å².